The Morgan fingerprint density at radius 3 is 2.79 bits per heavy atom. The third kappa shape index (κ3) is 3.25. The van der Waals surface area contributed by atoms with Crippen molar-refractivity contribution in [1.82, 2.24) is 20.1 Å². The summed E-state index contributed by atoms with van der Waals surface area (Å²) in [7, 11) is 1.81. The fourth-order valence-electron chi connectivity index (χ4n) is 2.53. The van der Waals surface area contributed by atoms with E-state index in [1.54, 1.807) is 35.0 Å². The summed E-state index contributed by atoms with van der Waals surface area (Å²) in [6, 6.07) is 8.61. The van der Waals surface area contributed by atoms with E-state index in [-0.39, 0.29) is 12.5 Å². The molecule has 0 fully saturated rings. The molecule has 0 spiro atoms. The number of benzene rings is 1. The zero-order valence-electron chi connectivity index (χ0n) is 13.3. The summed E-state index contributed by atoms with van der Waals surface area (Å²) in [6.45, 7) is 1.97. The number of aromatic nitrogens is 3. The minimum atomic E-state index is -0.803. The number of amides is 1. The molecule has 1 atom stereocenters. The first kappa shape index (κ1) is 16.4. The summed E-state index contributed by atoms with van der Waals surface area (Å²) in [4.78, 5) is 16.6. The van der Waals surface area contributed by atoms with Gasteiger partial charge in [0.2, 0.25) is 0 Å². The standard InChI is InChI=1S/C17H17ClN4O2/c1-10-14-7-12(8-19-16(14)22(2)21-10)17(24)20-9-15(23)11-3-5-13(18)6-4-11/h3-8,15,23H,9H2,1-2H3,(H,20,24). The maximum atomic E-state index is 12.3. The molecule has 124 valence electrons. The predicted octanol–water partition coefficient (Wildman–Crippen LogP) is 2.39. The van der Waals surface area contributed by atoms with Gasteiger partial charge in [-0.1, -0.05) is 23.7 Å². The Morgan fingerprint density at radius 1 is 1.38 bits per heavy atom. The van der Waals surface area contributed by atoms with Gasteiger partial charge >= 0.3 is 0 Å². The number of carbonyl (C=O) groups is 1. The fourth-order valence-corrected chi connectivity index (χ4v) is 2.65. The third-order valence-corrected chi connectivity index (χ3v) is 4.09. The molecule has 24 heavy (non-hydrogen) atoms. The molecular weight excluding hydrogens is 328 g/mol. The number of pyridine rings is 1. The van der Waals surface area contributed by atoms with Gasteiger partial charge in [-0.3, -0.25) is 9.48 Å². The molecule has 0 aliphatic carbocycles. The van der Waals surface area contributed by atoms with E-state index in [1.807, 2.05) is 14.0 Å². The Labute approximate surface area is 144 Å². The molecule has 1 unspecified atom stereocenters. The smallest absolute Gasteiger partial charge is 0.252 e. The third-order valence-electron chi connectivity index (χ3n) is 3.84. The van der Waals surface area contributed by atoms with Crippen molar-refractivity contribution in [2.45, 2.75) is 13.0 Å². The molecule has 2 aromatic heterocycles. The van der Waals surface area contributed by atoms with E-state index in [0.29, 0.717) is 16.1 Å². The summed E-state index contributed by atoms with van der Waals surface area (Å²) in [6.07, 6.45) is 0.705. The number of hydrogen-bond donors (Lipinski definition) is 2. The molecule has 6 nitrogen and oxygen atoms in total. The first-order valence-electron chi connectivity index (χ1n) is 7.47. The number of halogens is 1. The molecule has 3 aromatic rings. The first-order chi connectivity index (χ1) is 11.5. The van der Waals surface area contributed by atoms with Crippen molar-refractivity contribution in [3.63, 3.8) is 0 Å². The van der Waals surface area contributed by atoms with Crippen molar-refractivity contribution in [3.8, 4) is 0 Å². The maximum absolute atomic E-state index is 12.3. The zero-order chi connectivity index (χ0) is 17.3. The highest BCUT2D eigenvalue weighted by Gasteiger charge is 2.14. The second kappa shape index (κ2) is 6.59. The molecule has 0 saturated heterocycles. The largest absolute Gasteiger partial charge is 0.387 e. The van der Waals surface area contributed by atoms with Gasteiger partial charge in [0.25, 0.3) is 5.91 Å². The fraction of sp³-hybridized carbons (Fsp3) is 0.235. The highest BCUT2D eigenvalue weighted by Crippen LogP contribution is 2.18. The van der Waals surface area contributed by atoms with Gasteiger partial charge in [-0.25, -0.2) is 4.98 Å². The minimum absolute atomic E-state index is 0.102. The highest BCUT2D eigenvalue weighted by atomic mass is 35.5. The Morgan fingerprint density at radius 2 is 2.08 bits per heavy atom. The van der Waals surface area contributed by atoms with Crippen molar-refractivity contribution in [1.29, 1.82) is 0 Å². The van der Waals surface area contributed by atoms with Crippen molar-refractivity contribution in [2.75, 3.05) is 6.54 Å². The number of aliphatic hydroxyl groups excluding tert-OH is 1. The molecule has 2 N–H and O–H groups in total. The number of aliphatic hydroxyl groups is 1. The van der Waals surface area contributed by atoms with Gasteiger partial charge in [0.1, 0.15) is 0 Å². The lowest BCUT2D eigenvalue weighted by atomic mass is 10.1. The van der Waals surface area contributed by atoms with Gasteiger partial charge < -0.3 is 10.4 Å². The van der Waals surface area contributed by atoms with Crippen molar-refractivity contribution in [3.05, 3.63) is 58.4 Å². The molecular formula is C17H17ClN4O2. The number of nitrogens with zero attached hydrogens (tertiary/aromatic N) is 3. The summed E-state index contributed by atoms with van der Waals surface area (Å²) in [5, 5.41) is 18.6. The van der Waals surface area contributed by atoms with Crippen LogP contribution >= 0.6 is 11.6 Å². The quantitative estimate of drug-likeness (QED) is 0.761. The van der Waals surface area contributed by atoms with E-state index in [2.05, 4.69) is 15.4 Å². The van der Waals surface area contributed by atoms with E-state index >= 15 is 0 Å². The summed E-state index contributed by atoms with van der Waals surface area (Å²) in [5.74, 6) is -0.291. The molecule has 0 aliphatic heterocycles. The molecule has 3 rings (SSSR count). The summed E-state index contributed by atoms with van der Waals surface area (Å²) < 4.78 is 1.68. The van der Waals surface area contributed by atoms with Crippen LogP contribution in [0.15, 0.2) is 36.5 Å². The van der Waals surface area contributed by atoms with Crippen molar-refractivity contribution < 1.29 is 9.90 Å². The van der Waals surface area contributed by atoms with Gasteiger partial charge in [-0.05, 0) is 30.7 Å². The van der Waals surface area contributed by atoms with Gasteiger partial charge in [-0.2, -0.15) is 5.10 Å². The number of hydrogen-bond acceptors (Lipinski definition) is 4. The van der Waals surface area contributed by atoms with Crippen molar-refractivity contribution in [2.24, 2.45) is 7.05 Å². The summed E-state index contributed by atoms with van der Waals surface area (Å²) >= 11 is 5.82. The first-order valence-corrected chi connectivity index (χ1v) is 7.84. The van der Waals surface area contributed by atoms with Crippen LogP contribution in [0.2, 0.25) is 5.02 Å². The van der Waals surface area contributed by atoms with E-state index in [0.717, 1.165) is 16.7 Å². The van der Waals surface area contributed by atoms with Gasteiger partial charge in [0.05, 0.1) is 17.4 Å². The van der Waals surface area contributed by atoms with E-state index in [4.69, 9.17) is 11.6 Å². The molecule has 1 aromatic carbocycles. The molecule has 7 heteroatoms. The second-order valence-electron chi connectivity index (χ2n) is 5.58. The van der Waals surface area contributed by atoms with E-state index < -0.39 is 6.10 Å². The van der Waals surface area contributed by atoms with Crippen molar-refractivity contribution >= 4 is 28.5 Å². The Hall–Kier alpha value is -2.44. The Kier molecular flexibility index (Phi) is 4.51. The number of aryl methyl sites for hydroxylation is 2. The van der Waals surface area contributed by atoms with Crippen LogP contribution in [0.5, 0.6) is 0 Å². The molecule has 2 heterocycles. The van der Waals surface area contributed by atoms with Crippen LogP contribution in [0.3, 0.4) is 0 Å². The van der Waals surface area contributed by atoms with Crippen LogP contribution in [0.1, 0.15) is 27.7 Å². The SMILES string of the molecule is Cc1nn(C)c2ncc(C(=O)NCC(O)c3ccc(Cl)cc3)cc12. The molecule has 0 aliphatic rings. The average molecular weight is 345 g/mol. The lowest BCUT2D eigenvalue weighted by Crippen LogP contribution is -2.28. The molecule has 0 bridgehead atoms. The van der Waals surface area contributed by atoms with E-state index in [9.17, 15) is 9.90 Å². The molecule has 1 amide bonds. The molecule has 0 radical (unpaired) electrons. The van der Waals surface area contributed by atoms with Crippen LogP contribution in [0, 0.1) is 6.92 Å². The molecule has 0 saturated carbocycles. The monoisotopic (exact) mass is 344 g/mol. The maximum Gasteiger partial charge on any atom is 0.252 e. The van der Waals surface area contributed by atoms with E-state index in [1.165, 1.54) is 6.20 Å². The average Bonchev–Trinajstić information content (AvgIpc) is 2.87. The predicted molar refractivity (Wildman–Crippen MR) is 92.0 cm³/mol. The zero-order valence-corrected chi connectivity index (χ0v) is 14.1. The topological polar surface area (TPSA) is 80.0 Å². The Bertz CT molecular complexity index is 889. The van der Waals surface area contributed by atoms with Crippen LogP contribution in [0.25, 0.3) is 11.0 Å². The number of nitrogens with one attached hydrogen (secondary N) is 1. The highest BCUT2D eigenvalue weighted by molar-refractivity contribution is 6.30. The number of carbonyl (C=O) groups excluding carboxylic acids is 1. The van der Waals surface area contributed by atoms with Gasteiger partial charge in [-0.15, -0.1) is 0 Å². The number of fused-ring (bicyclic) bond motifs is 1. The Balaban J connectivity index is 1.70. The van der Waals surface area contributed by atoms with Crippen LogP contribution in [-0.2, 0) is 7.05 Å². The normalized spacial score (nSPS) is 12.3. The summed E-state index contributed by atoms with van der Waals surface area (Å²) in [5.41, 5.74) is 2.67. The van der Waals surface area contributed by atoms with Gasteiger partial charge in [0.15, 0.2) is 5.65 Å². The lowest BCUT2D eigenvalue weighted by Gasteiger charge is -2.12. The number of rotatable bonds is 4. The van der Waals surface area contributed by atoms with Crippen LogP contribution < -0.4 is 5.32 Å². The second-order valence-corrected chi connectivity index (χ2v) is 6.02. The van der Waals surface area contributed by atoms with Gasteiger partial charge in [0, 0.05) is 30.2 Å². The lowest BCUT2D eigenvalue weighted by molar-refractivity contribution is 0.0916. The van der Waals surface area contributed by atoms with Crippen LogP contribution in [0.4, 0.5) is 0 Å². The van der Waals surface area contributed by atoms with Crippen LogP contribution in [-0.4, -0.2) is 32.3 Å². The minimum Gasteiger partial charge on any atom is -0.387 e.